The van der Waals surface area contributed by atoms with Crippen molar-refractivity contribution >= 4 is 21.6 Å². The fourth-order valence-electron chi connectivity index (χ4n) is 4.07. The zero-order chi connectivity index (χ0) is 23.6. The van der Waals surface area contributed by atoms with Gasteiger partial charge < -0.3 is 10.1 Å². The van der Waals surface area contributed by atoms with Crippen molar-refractivity contribution in [1.29, 1.82) is 0 Å². The summed E-state index contributed by atoms with van der Waals surface area (Å²) in [6.45, 7) is 6.32. The summed E-state index contributed by atoms with van der Waals surface area (Å²) in [5, 5.41) is 2.78. The molecule has 0 aliphatic carbocycles. The molecule has 0 aromatic heterocycles. The molecule has 1 amide bonds. The van der Waals surface area contributed by atoms with E-state index in [1.807, 2.05) is 56.3 Å². The molecule has 0 radical (unpaired) electrons. The minimum atomic E-state index is -3.85. The molecule has 0 fully saturated rings. The van der Waals surface area contributed by atoms with Crippen LogP contribution in [0.15, 0.2) is 65.6 Å². The molecule has 1 aliphatic heterocycles. The summed E-state index contributed by atoms with van der Waals surface area (Å²) in [6, 6.07) is 18.6. The summed E-state index contributed by atoms with van der Waals surface area (Å²) in [5.41, 5.74) is 5.31. The molecule has 4 rings (SSSR count). The van der Waals surface area contributed by atoms with Crippen molar-refractivity contribution in [2.75, 3.05) is 24.0 Å². The minimum Gasteiger partial charge on any atom is -0.491 e. The fraction of sp³-hybridized carbons (Fsp3) is 0.269. The molecule has 1 heterocycles. The number of carbonyl (C=O) groups excluding carboxylic acids is 1. The van der Waals surface area contributed by atoms with Crippen molar-refractivity contribution in [3.8, 4) is 16.9 Å². The first-order valence-corrected chi connectivity index (χ1v) is 12.5. The van der Waals surface area contributed by atoms with Crippen LogP contribution in [0.25, 0.3) is 11.1 Å². The van der Waals surface area contributed by atoms with Crippen LogP contribution in [-0.2, 0) is 21.2 Å². The lowest BCUT2D eigenvalue weighted by Gasteiger charge is -2.32. The molecule has 3 aromatic carbocycles. The summed E-state index contributed by atoms with van der Waals surface area (Å²) >= 11 is 0. The van der Waals surface area contributed by atoms with Crippen LogP contribution in [0.5, 0.6) is 5.75 Å². The number of benzene rings is 3. The highest BCUT2D eigenvalue weighted by Gasteiger charge is 2.35. The Balaban J connectivity index is 1.48. The first kappa shape index (κ1) is 22.9. The Morgan fingerprint density at radius 2 is 1.79 bits per heavy atom. The van der Waals surface area contributed by atoms with Crippen molar-refractivity contribution in [3.05, 3.63) is 77.4 Å². The van der Waals surface area contributed by atoms with Gasteiger partial charge in [-0.3, -0.25) is 9.10 Å². The maximum atomic E-state index is 13.4. The van der Waals surface area contributed by atoms with Crippen LogP contribution in [0.3, 0.4) is 0 Å². The Hall–Kier alpha value is -3.32. The van der Waals surface area contributed by atoms with Crippen LogP contribution in [0.1, 0.15) is 23.6 Å². The fourth-order valence-corrected chi connectivity index (χ4v) is 5.72. The quantitative estimate of drug-likeness (QED) is 0.531. The highest BCUT2D eigenvalue weighted by atomic mass is 32.2. The lowest BCUT2D eigenvalue weighted by Crippen LogP contribution is -2.43. The van der Waals surface area contributed by atoms with E-state index in [-0.39, 0.29) is 23.9 Å². The molecule has 33 heavy (non-hydrogen) atoms. The van der Waals surface area contributed by atoms with E-state index in [9.17, 15) is 13.2 Å². The highest BCUT2D eigenvalue weighted by Crippen LogP contribution is 2.43. The topological polar surface area (TPSA) is 75.7 Å². The predicted molar refractivity (Wildman–Crippen MR) is 130 cm³/mol. The van der Waals surface area contributed by atoms with Crippen LogP contribution in [-0.4, -0.2) is 34.0 Å². The van der Waals surface area contributed by atoms with Gasteiger partial charge in [0.15, 0.2) is 0 Å². The van der Waals surface area contributed by atoms with Crippen molar-refractivity contribution < 1.29 is 17.9 Å². The summed E-state index contributed by atoms with van der Waals surface area (Å²) in [4.78, 5) is 12.9. The van der Waals surface area contributed by atoms with Crippen molar-refractivity contribution in [2.45, 2.75) is 32.1 Å². The third-order valence-electron chi connectivity index (χ3n) is 5.78. The average molecular weight is 465 g/mol. The number of rotatable bonds is 7. The molecule has 1 aliphatic rings. The first-order chi connectivity index (χ1) is 15.8. The summed E-state index contributed by atoms with van der Waals surface area (Å²) in [5.74, 6) is 0.387. The maximum Gasteiger partial charge on any atom is 0.265 e. The highest BCUT2D eigenvalue weighted by molar-refractivity contribution is 7.93. The number of hydrogen-bond acceptors (Lipinski definition) is 4. The first-order valence-electron chi connectivity index (χ1n) is 11.0. The Bertz CT molecular complexity index is 1300. The zero-order valence-corrected chi connectivity index (χ0v) is 19.9. The van der Waals surface area contributed by atoms with Gasteiger partial charge in [-0.15, -0.1) is 0 Å². The van der Waals surface area contributed by atoms with Gasteiger partial charge in [-0.2, -0.15) is 0 Å². The summed E-state index contributed by atoms with van der Waals surface area (Å²) in [6.07, 6.45) is 0.836. The number of amides is 1. The van der Waals surface area contributed by atoms with Gasteiger partial charge in [0.25, 0.3) is 10.0 Å². The summed E-state index contributed by atoms with van der Waals surface area (Å²) in [7, 11) is -3.85. The van der Waals surface area contributed by atoms with Crippen LogP contribution >= 0.6 is 0 Å². The van der Waals surface area contributed by atoms with Gasteiger partial charge in [-0.05, 0) is 55.7 Å². The van der Waals surface area contributed by atoms with Gasteiger partial charge in [0.2, 0.25) is 5.91 Å². The third kappa shape index (κ3) is 4.59. The Kier molecular flexibility index (Phi) is 6.42. The number of hydrogen-bond donors (Lipinski definition) is 1. The molecule has 0 saturated carbocycles. The smallest absolute Gasteiger partial charge is 0.265 e. The monoisotopic (exact) mass is 464 g/mol. The Labute approximate surface area is 195 Å². The molecule has 0 saturated heterocycles. The lowest BCUT2D eigenvalue weighted by molar-refractivity contribution is -0.119. The minimum absolute atomic E-state index is 0.219. The van der Waals surface area contributed by atoms with Crippen LogP contribution in [0.4, 0.5) is 5.69 Å². The largest absolute Gasteiger partial charge is 0.491 e. The molecular formula is C26H28N2O4S. The second-order valence-corrected chi connectivity index (χ2v) is 10.0. The molecule has 0 atom stereocenters. The van der Waals surface area contributed by atoms with Gasteiger partial charge in [0.1, 0.15) is 18.9 Å². The standard InChI is InChI=1S/C26H28N2O4S/c1-4-20-10-11-23-22(16-20)21-7-5-6-8-25(21)33(30,31)28(23)17-26(29)27-13-14-32-24-12-9-18(2)15-19(24)3/h5-12,15-16H,4,13-14,17H2,1-3H3,(H,27,29). The molecule has 0 unspecified atom stereocenters. The van der Waals surface area contributed by atoms with Gasteiger partial charge in [-0.1, -0.05) is 48.9 Å². The number of fused-ring (bicyclic) bond motifs is 3. The van der Waals surface area contributed by atoms with E-state index in [1.165, 1.54) is 4.31 Å². The van der Waals surface area contributed by atoms with Gasteiger partial charge in [-0.25, -0.2) is 8.42 Å². The van der Waals surface area contributed by atoms with E-state index in [4.69, 9.17) is 4.74 Å². The number of anilines is 1. The average Bonchev–Trinajstić information content (AvgIpc) is 2.80. The van der Waals surface area contributed by atoms with Crippen LogP contribution in [0.2, 0.25) is 0 Å². The second kappa shape index (κ2) is 9.27. The molecule has 1 N–H and O–H groups in total. The van der Waals surface area contributed by atoms with E-state index in [2.05, 4.69) is 12.2 Å². The van der Waals surface area contributed by atoms with Gasteiger partial charge in [0.05, 0.1) is 17.1 Å². The number of nitrogens with one attached hydrogen (secondary N) is 1. The lowest BCUT2D eigenvalue weighted by atomic mass is 9.99. The van der Waals surface area contributed by atoms with E-state index in [1.54, 1.807) is 18.2 Å². The second-order valence-electron chi connectivity index (χ2n) is 8.18. The van der Waals surface area contributed by atoms with Gasteiger partial charge >= 0.3 is 0 Å². The van der Waals surface area contributed by atoms with E-state index in [0.29, 0.717) is 17.9 Å². The molecule has 0 spiro atoms. The van der Waals surface area contributed by atoms with Crippen LogP contribution in [0, 0.1) is 13.8 Å². The number of sulfonamides is 1. The third-order valence-corrected chi connectivity index (χ3v) is 7.60. The van der Waals surface area contributed by atoms with Crippen LogP contribution < -0.4 is 14.4 Å². The molecular weight excluding hydrogens is 436 g/mol. The van der Waals surface area contributed by atoms with Gasteiger partial charge in [0, 0.05) is 11.1 Å². The zero-order valence-electron chi connectivity index (χ0n) is 19.1. The number of ether oxygens (including phenoxy) is 1. The number of aryl methyl sites for hydroxylation is 3. The molecule has 3 aromatic rings. The molecule has 0 bridgehead atoms. The van der Waals surface area contributed by atoms with E-state index in [0.717, 1.165) is 34.4 Å². The number of nitrogens with zero attached hydrogens (tertiary/aromatic N) is 1. The summed E-state index contributed by atoms with van der Waals surface area (Å²) < 4.78 is 33.7. The number of carbonyl (C=O) groups is 1. The maximum absolute atomic E-state index is 13.4. The van der Waals surface area contributed by atoms with E-state index < -0.39 is 10.0 Å². The molecule has 6 nitrogen and oxygen atoms in total. The van der Waals surface area contributed by atoms with Crippen molar-refractivity contribution in [2.24, 2.45) is 0 Å². The Morgan fingerprint density at radius 3 is 2.55 bits per heavy atom. The Morgan fingerprint density at radius 1 is 1.00 bits per heavy atom. The van der Waals surface area contributed by atoms with Crippen molar-refractivity contribution in [3.63, 3.8) is 0 Å². The van der Waals surface area contributed by atoms with E-state index >= 15 is 0 Å². The molecule has 7 heteroatoms. The molecule has 172 valence electrons. The van der Waals surface area contributed by atoms with Crippen molar-refractivity contribution in [1.82, 2.24) is 5.32 Å². The normalized spacial score (nSPS) is 13.7. The SMILES string of the molecule is CCc1ccc2c(c1)-c1ccccc1S(=O)(=O)N2CC(=O)NCCOc1ccc(C)cc1C. The predicted octanol–water partition coefficient (Wildman–Crippen LogP) is 4.24.